The van der Waals surface area contributed by atoms with Crippen LogP contribution in [-0.2, 0) is 0 Å². The summed E-state index contributed by atoms with van der Waals surface area (Å²) in [5.74, 6) is -0.456. The molecule has 0 radical (unpaired) electrons. The normalized spacial score (nSPS) is 26.1. The molecule has 1 aromatic rings. The first-order valence-corrected chi connectivity index (χ1v) is 6.32. The Hall–Kier alpha value is -0.960. The topological polar surface area (TPSA) is 26.0 Å². The van der Waals surface area contributed by atoms with Gasteiger partial charge in [-0.1, -0.05) is 25.8 Å². The quantitative estimate of drug-likeness (QED) is 0.853. The molecule has 3 atom stereocenters. The Balaban J connectivity index is 2.09. The fourth-order valence-electron chi connectivity index (χ4n) is 2.80. The van der Waals surface area contributed by atoms with E-state index in [4.69, 9.17) is 5.73 Å². The van der Waals surface area contributed by atoms with Gasteiger partial charge in [-0.05, 0) is 42.4 Å². The third kappa shape index (κ3) is 2.65. The van der Waals surface area contributed by atoms with E-state index >= 15 is 0 Å². The summed E-state index contributed by atoms with van der Waals surface area (Å²) in [6.45, 7) is 2.19. The van der Waals surface area contributed by atoms with Crippen molar-refractivity contribution >= 4 is 0 Å². The van der Waals surface area contributed by atoms with E-state index in [1.165, 1.54) is 18.9 Å². The zero-order chi connectivity index (χ0) is 12.4. The van der Waals surface area contributed by atoms with Gasteiger partial charge in [0.15, 0.2) is 11.6 Å². The molecule has 94 valence electrons. The average Bonchev–Trinajstić information content (AvgIpc) is 2.80. The van der Waals surface area contributed by atoms with Crippen LogP contribution in [0.3, 0.4) is 0 Å². The molecule has 0 heterocycles. The molecular formula is C14H19F2N. The predicted octanol–water partition coefficient (Wildman–Crippen LogP) is 3.79. The summed E-state index contributed by atoms with van der Waals surface area (Å²) in [7, 11) is 0. The van der Waals surface area contributed by atoms with Crippen LogP contribution in [-0.4, -0.2) is 0 Å². The number of halogens is 2. The van der Waals surface area contributed by atoms with Crippen LogP contribution in [0.15, 0.2) is 18.2 Å². The largest absolute Gasteiger partial charge is 0.324 e. The molecule has 1 saturated carbocycles. The molecule has 0 amide bonds. The molecule has 0 spiro atoms. The van der Waals surface area contributed by atoms with Gasteiger partial charge in [0.25, 0.3) is 0 Å². The van der Waals surface area contributed by atoms with E-state index in [0.29, 0.717) is 11.5 Å². The van der Waals surface area contributed by atoms with E-state index in [9.17, 15) is 8.78 Å². The zero-order valence-electron chi connectivity index (χ0n) is 10.1. The standard InChI is InChI=1S/C14H19F2N/c1-2-9-3-4-10(7-9)14(17)11-5-6-12(15)13(16)8-11/h5-6,8-10,14H,2-4,7,17H2,1H3. The number of hydrogen-bond donors (Lipinski definition) is 1. The molecular weight excluding hydrogens is 220 g/mol. The smallest absolute Gasteiger partial charge is 0.159 e. The van der Waals surface area contributed by atoms with E-state index < -0.39 is 11.6 Å². The summed E-state index contributed by atoms with van der Waals surface area (Å²) in [4.78, 5) is 0. The van der Waals surface area contributed by atoms with Gasteiger partial charge >= 0.3 is 0 Å². The Morgan fingerprint density at radius 2 is 2.06 bits per heavy atom. The number of nitrogens with two attached hydrogens (primary N) is 1. The number of hydrogen-bond acceptors (Lipinski definition) is 1. The van der Waals surface area contributed by atoms with Crippen molar-refractivity contribution in [3.63, 3.8) is 0 Å². The highest BCUT2D eigenvalue weighted by molar-refractivity contribution is 5.22. The lowest BCUT2D eigenvalue weighted by Crippen LogP contribution is -2.19. The first-order chi connectivity index (χ1) is 8.11. The van der Waals surface area contributed by atoms with Crippen LogP contribution in [0.4, 0.5) is 8.78 Å². The fraction of sp³-hybridized carbons (Fsp3) is 0.571. The second kappa shape index (κ2) is 5.13. The molecule has 1 aromatic carbocycles. The summed E-state index contributed by atoms with van der Waals surface area (Å²) in [6.07, 6.45) is 4.59. The van der Waals surface area contributed by atoms with Crippen LogP contribution < -0.4 is 5.73 Å². The summed E-state index contributed by atoms with van der Waals surface area (Å²) in [5.41, 5.74) is 6.86. The molecule has 2 N–H and O–H groups in total. The van der Waals surface area contributed by atoms with E-state index in [0.717, 1.165) is 24.8 Å². The summed E-state index contributed by atoms with van der Waals surface area (Å²) in [5, 5.41) is 0. The van der Waals surface area contributed by atoms with Crippen molar-refractivity contribution in [3.8, 4) is 0 Å². The first-order valence-electron chi connectivity index (χ1n) is 6.32. The van der Waals surface area contributed by atoms with E-state index in [-0.39, 0.29) is 6.04 Å². The Labute approximate surface area is 101 Å². The van der Waals surface area contributed by atoms with Crippen molar-refractivity contribution in [2.75, 3.05) is 0 Å². The summed E-state index contributed by atoms with van der Waals surface area (Å²) < 4.78 is 26.0. The van der Waals surface area contributed by atoms with Crippen molar-refractivity contribution < 1.29 is 8.78 Å². The van der Waals surface area contributed by atoms with Crippen molar-refractivity contribution in [1.82, 2.24) is 0 Å². The Kier molecular flexibility index (Phi) is 3.77. The maximum atomic E-state index is 13.1. The van der Waals surface area contributed by atoms with Gasteiger partial charge < -0.3 is 5.73 Å². The summed E-state index contributed by atoms with van der Waals surface area (Å²) >= 11 is 0. The molecule has 1 aliphatic carbocycles. The maximum absolute atomic E-state index is 13.1. The van der Waals surface area contributed by atoms with Gasteiger partial charge in [0, 0.05) is 6.04 Å². The third-order valence-electron chi connectivity index (χ3n) is 4.00. The molecule has 0 saturated heterocycles. The monoisotopic (exact) mass is 239 g/mol. The molecule has 17 heavy (non-hydrogen) atoms. The lowest BCUT2D eigenvalue weighted by Gasteiger charge is -2.20. The molecule has 3 unspecified atom stereocenters. The van der Waals surface area contributed by atoms with Gasteiger partial charge in [0.05, 0.1) is 0 Å². The van der Waals surface area contributed by atoms with Crippen LogP contribution in [0.5, 0.6) is 0 Å². The van der Waals surface area contributed by atoms with Crippen molar-refractivity contribution in [2.45, 2.75) is 38.6 Å². The average molecular weight is 239 g/mol. The van der Waals surface area contributed by atoms with Gasteiger partial charge in [-0.15, -0.1) is 0 Å². The Bertz CT molecular complexity index is 392. The first kappa shape index (κ1) is 12.5. The number of benzene rings is 1. The molecule has 0 aromatic heterocycles. The third-order valence-corrected chi connectivity index (χ3v) is 4.00. The van der Waals surface area contributed by atoms with Crippen molar-refractivity contribution in [1.29, 1.82) is 0 Å². The fourth-order valence-corrected chi connectivity index (χ4v) is 2.80. The van der Waals surface area contributed by atoms with E-state index in [1.54, 1.807) is 6.07 Å². The van der Waals surface area contributed by atoms with E-state index in [2.05, 4.69) is 6.92 Å². The summed E-state index contributed by atoms with van der Waals surface area (Å²) in [6, 6.07) is 3.83. The Morgan fingerprint density at radius 1 is 1.29 bits per heavy atom. The highest BCUT2D eigenvalue weighted by Gasteiger charge is 2.29. The molecule has 3 heteroatoms. The lowest BCUT2D eigenvalue weighted by molar-refractivity contribution is 0.413. The molecule has 0 bridgehead atoms. The SMILES string of the molecule is CCC1CCC(C(N)c2ccc(F)c(F)c2)C1. The van der Waals surface area contributed by atoms with Crippen molar-refractivity contribution in [2.24, 2.45) is 17.6 Å². The van der Waals surface area contributed by atoms with Crippen LogP contribution in [0.25, 0.3) is 0 Å². The highest BCUT2D eigenvalue weighted by atomic mass is 19.2. The Morgan fingerprint density at radius 3 is 2.65 bits per heavy atom. The highest BCUT2D eigenvalue weighted by Crippen LogP contribution is 2.39. The van der Waals surface area contributed by atoms with Crippen LogP contribution in [0, 0.1) is 23.5 Å². The molecule has 1 aliphatic rings. The van der Waals surface area contributed by atoms with Crippen molar-refractivity contribution in [3.05, 3.63) is 35.4 Å². The van der Waals surface area contributed by atoms with Gasteiger partial charge in [-0.2, -0.15) is 0 Å². The molecule has 2 rings (SSSR count). The van der Waals surface area contributed by atoms with Gasteiger partial charge in [0.1, 0.15) is 0 Å². The van der Waals surface area contributed by atoms with Crippen LogP contribution in [0.2, 0.25) is 0 Å². The minimum Gasteiger partial charge on any atom is -0.324 e. The molecule has 0 aliphatic heterocycles. The molecule has 1 nitrogen and oxygen atoms in total. The second-order valence-electron chi connectivity index (χ2n) is 5.05. The van der Waals surface area contributed by atoms with Gasteiger partial charge in [0.2, 0.25) is 0 Å². The van der Waals surface area contributed by atoms with Gasteiger partial charge in [-0.3, -0.25) is 0 Å². The zero-order valence-corrected chi connectivity index (χ0v) is 10.1. The molecule has 1 fully saturated rings. The predicted molar refractivity (Wildman–Crippen MR) is 64.4 cm³/mol. The van der Waals surface area contributed by atoms with E-state index in [1.807, 2.05) is 0 Å². The lowest BCUT2D eigenvalue weighted by atomic mass is 9.91. The minimum absolute atomic E-state index is 0.165. The second-order valence-corrected chi connectivity index (χ2v) is 5.05. The number of rotatable bonds is 3. The maximum Gasteiger partial charge on any atom is 0.159 e. The van der Waals surface area contributed by atoms with Crippen LogP contribution in [0.1, 0.15) is 44.2 Å². The minimum atomic E-state index is -0.807. The van der Waals surface area contributed by atoms with Crippen LogP contribution >= 0.6 is 0 Å². The van der Waals surface area contributed by atoms with Gasteiger partial charge in [-0.25, -0.2) is 8.78 Å².